The molecule has 0 fully saturated rings. The summed E-state index contributed by atoms with van der Waals surface area (Å²) >= 11 is 0. The number of ether oxygens (including phenoxy) is 3. The maximum Gasteiger partial charge on any atom is 0.203 e. The quantitative estimate of drug-likeness (QED) is 0.635. The van der Waals surface area contributed by atoms with Crippen LogP contribution in [0.15, 0.2) is 48.8 Å². The average molecular weight is 356 g/mol. The molecule has 1 aromatic heterocycles. The number of benzene rings is 2. The fourth-order valence-corrected chi connectivity index (χ4v) is 2.55. The first-order chi connectivity index (χ1) is 12.6. The first-order valence-electron chi connectivity index (χ1n) is 7.72. The third-order valence-electron chi connectivity index (χ3n) is 3.86. The molecule has 0 radical (unpaired) electrons. The molecule has 0 saturated heterocycles. The summed E-state index contributed by atoms with van der Waals surface area (Å²) in [6, 6.07) is 8.99. The summed E-state index contributed by atoms with van der Waals surface area (Å²) in [7, 11) is 4.46. The maximum absolute atomic E-state index is 13.0. The zero-order chi connectivity index (χ0) is 18.7. The van der Waals surface area contributed by atoms with E-state index < -0.39 is 0 Å². The lowest BCUT2D eigenvalue weighted by atomic mass is 10.1. The second kappa shape index (κ2) is 7.26. The largest absolute Gasteiger partial charge is 0.493 e. The molecular weight excluding hydrogens is 339 g/mol. The summed E-state index contributed by atoms with van der Waals surface area (Å²) in [4.78, 5) is 12.8. The van der Waals surface area contributed by atoms with Gasteiger partial charge in [-0.15, -0.1) is 0 Å². The molecule has 0 N–H and O–H groups in total. The van der Waals surface area contributed by atoms with E-state index in [0.717, 1.165) is 0 Å². The molecule has 0 unspecified atom stereocenters. The lowest BCUT2D eigenvalue weighted by molar-refractivity contribution is 0.103. The van der Waals surface area contributed by atoms with Crippen molar-refractivity contribution in [2.45, 2.75) is 0 Å². The van der Waals surface area contributed by atoms with Crippen LogP contribution in [0.25, 0.3) is 5.69 Å². The van der Waals surface area contributed by atoms with E-state index >= 15 is 0 Å². The van der Waals surface area contributed by atoms with E-state index in [4.69, 9.17) is 14.2 Å². The maximum atomic E-state index is 13.0. The normalized spacial score (nSPS) is 10.5. The molecule has 0 atom stereocenters. The van der Waals surface area contributed by atoms with Crippen molar-refractivity contribution in [2.24, 2.45) is 0 Å². The van der Waals surface area contributed by atoms with E-state index in [2.05, 4.69) is 5.10 Å². The van der Waals surface area contributed by atoms with Crippen LogP contribution in [0, 0.1) is 5.82 Å². The van der Waals surface area contributed by atoms with Gasteiger partial charge in [-0.25, -0.2) is 9.07 Å². The number of carbonyl (C=O) groups is 1. The van der Waals surface area contributed by atoms with E-state index in [0.29, 0.717) is 34.1 Å². The van der Waals surface area contributed by atoms with Crippen molar-refractivity contribution in [3.63, 3.8) is 0 Å². The number of hydrogen-bond acceptors (Lipinski definition) is 5. The van der Waals surface area contributed by atoms with Crippen molar-refractivity contribution in [2.75, 3.05) is 21.3 Å². The highest BCUT2D eigenvalue weighted by Crippen LogP contribution is 2.38. The summed E-state index contributed by atoms with van der Waals surface area (Å²) in [6.45, 7) is 0. The number of methoxy groups -OCH3 is 3. The van der Waals surface area contributed by atoms with Gasteiger partial charge in [0.2, 0.25) is 5.75 Å². The average Bonchev–Trinajstić information content (AvgIpc) is 3.16. The highest BCUT2D eigenvalue weighted by molar-refractivity contribution is 6.09. The number of ketones is 1. The third kappa shape index (κ3) is 3.23. The van der Waals surface area contributed by atoms with Gasteiger partial charge in [-0.1, -0.05) is 0 Å². The summed E-state index contributed by atoms with van der Waals surface area (Å²) in [5.74, 6) is 0.600. The molecule has 3 rings (SSSR count). The van der Waals surface area contributed by atoms with Crippen LogP contribution >= 0.6 is 0 Å². The Hall–Kier alpha value is -3.35. The van der Waals surface area contributed by atoms with Crippen molar-refractivity contribution < 1.29 is 23.4 Å². The van der Waals surface area contributed by atoms with Gasteiger partial charge in [0.1, 0.15) is 5.82 Å². The minimum Gasteiger partial charge on any atom is -0.493 e. The SMILES string of the molecule is COc1cc(C(=O)c2cnn(-c3ccc(F)cc3)c2)cc(OC)c1OC. The number of halogens is 1. The predicted octanol–water partition coefficient (Wildman–Crippen LogP) is 3.27. The molecule has 0 spiro atoms. The van der Waals surface area contributed by atoms with Gasteiger partial charge in [-0.3, -0.25) is 4.79 Å². The van der Waals surface area contributed by atoms with Crippen LogP contribution in [0.4, 0.5) is 4.39 Å². The Balaban J connectivity index is 1.96. The fourth-order valence-electron chi connectivity index (χ4n) is 2.55. The molecule has 2 aromatic carbocycles. The summed E-state index contributed by atoms with van der Waals surface area (Å²) in [5, 5.41) is 4.17. The van der Waals surface area contributed by atoms with Gasteiger partial charge in [0.25, 0.3) is 0 Å². The first kappa shape index (κ1) is 17.5. The topological polar surface area (TPSA) is 62.6 Å². The van der Waals surface area contributed by atoms with Crippen LogP contribution in [-0.2, 0) is 0 Å². The predicted molar refractivity (Wildman–Crippen MR) is 93.1 cm³/mol. The van der Waals surface area contributed by atoms with Crippen LogP contribution in [-0.4, -0.2) is 36.9 Å². The van der Waals surface area contributed by atoms with Crippen molar-refractivity contribution >= 4 is 5.78 Å². The van der Waals surface area contributed by atoms with E-state index in [1.807, 2.05) is 0 Å². The van der Waals surface area contributed by atoms with Crippen LogP contribution in [0.5, 0.6) is 17.2 Å². The molecule has 0 aliphatic carbocycles. The Bertz CT molecular complexity index is 910. The lowest BCUT2D eigenvalue weighted by Gasteiger charge is -2.13. The van der Waals surface area contributed by atoms with Gasteiger partial charge in [-0.2, -0.15) is 5.10 Å². The van der Waals surface area contributed by atoms with Crippen LogP contribution in [0.3, 0.4) is 0 Å². The number of rotatable bonds is 6. The van der Waals surface area contributed by atoms with Gasteiger partial charge < -0.3 is 14.2 Å². The second-order valence-electron chi connectivity index (χ2n) is 5.39. The molecule has 26 heavy (non-hydrogen) atoms. The molecule has 0 aliphatic heterocycles. The molecule has 1 heterocycles. The van der Waals surface area contributed by atoms with Crippen molar-refractivity contribution in [1.82, 2.24) is 9.78 Å². The Labute approximate surface area is 149 Å². The van der Waals surface area contributed by atoms with Crippen LogP contribution < -0.4 is 14.2 Å². The molecule has 6 nitrogen and oxygen atoms in total. The van der Waals surface area contributed by atoms with Crippen molar-refractivity contribution in [1.29, 1.82) is 0 Å². The van der Waals surface area contributed by atoms with E-state index in [-0.39, 0.29) is 11.6 Å². The molecular formula is C19H17FN2O4. The van der Waals surface area contributed by atoms with E-state index in [1.165, 1.54) is 44.3 Å². The number of carbonyl (C=O) groups excluding carboxylic acids is 1. The first-order valence-corrected chi connectivity index (χ1v) is 7.72. The Kier molecular flexibility index (Phi) is 4.88. The van der Waals surface area contributed by atoms with Gasteiger partial charge in [0.05, 0.1) is 38.8 Å². The smallest absolute Gasteiger partial charge is 0.203 e. The molecule has 0 bridgehead atoms. The standard InChI is InChI=1S/C19H17FN2O4/c1-24-16-8-12(9-17(25-2)19(16)26-3)18(23)13-10-21-22(11-13)15-6-4-14(20)5-7-15/h4-11H,1-3H3. The number of aromatic nitrogens is 2. The van der Waals surface area contributed by atoms with Crippen molar-refractivity contribution in [3.8, 4) is 22.9 Å². The highest BCUT2D eigenvalue weighted by Gasteiger charge is 2.19. The summed E-state index contributed by atoms with van der Waals surface area (Å²) in [5.41, 5.74) is 1.40. The Morgan fingerprint density at radius 1 is 0.962 bits per heavy atom. The van der Waals surface area contributed by atoms with Gasteiger partial charge in [0.15, 0.2) is 17.3 Å². The molecule has 0 aliphatic rings. The number of hydrogen-bond donors (Lipinski definition) is 0. The molecule has 0 saturated carbocycles. The molecule has 0 amide bonds. The van der Waals surface area contributed by atoms with Crippen molar-refractivity contribution in [3.05, 3.63) is 65.7 Å². The Morgan fingerprint density at radius 3 is 2.12 bits per heavy atom. The van der Waals surface area contributed by atoms with Crippen LogP contribution in [0.2, 0.25) is 0 Å². The summed E-state index contributed by atoms with van der Waals surface area (Å²) in [6.07, 6.45) is 3.04. The third-order valence-corrected chi connectivity index (χ3v) is 3.86. The Morgan fingerprint density at radius 2 is 1.58 bits per heavy atom. The highest BCUT2D eigenvalue weighted by atomic mass is 19.1. The minimum absolute atomic E-state index is 0.252. The zero-order valence-electron chi connectivity index (χ0n) is 14.5. The zero-order valence-corrected chi connectivity index (χ0v) is 14.5. The summed E-state index contributed by atoms with van der Waals surface area (Å²) < 4.78 is 30.4. The van der Waals surface area contributed by atoms with Crippen LogP contribution in [0.1, 0.15) is 15.9 Å². The minimum atomic E-state index is -0.338. The fraction of sp³-hybridized carbons (Fsp3) is 0.158. The molecule has 7 heteroatoms. The second-order valence-corrected chi connectivity index (χ2v) is 5.39. The van der Waals surface area contributed by atoms with E-state index in [9.17, 15) is 9.18 Å². The molecule has 3 aromatic rings. The molecule has 134 valence electrons. The monoisotopic (exact) mass is 356 g/mol. The number of nitrogens with zero attached hydrogens (tertiary/aromatic N) is 2. The van der Waals surface area contributed by atoms with Gasteiger partial charge >= 0.3 is 0 Å². The van der Waals surface area contributed by atoms with Gasteiger partial charge in [0, 0.05) is 11.8 Å². The van der Waals surface area contributed by atoms with Gasteiger partial charge in [-0.05, 0) is 36.4 Å². The lowest BCUT2D eigenvalue weighted by Crippen LogP contribution is -2.03. The van der Waals surface area contributed by atoms with E-state index in [1.54, 1.807) is 30.5 Å².